The van der Waals surface area contributed by atoms with Gasteiger partial charge in [-0.1, -0.05) is 13.8 Å². The summed E-state index contributed by atoms with van der Waals surface area (Å²) in [5, 5.41) is 24.3. The van der Waals surface area contributed by atoms with Gasteiger partial charge in [0.15, 0.2) is 0 Å². The molecule has 1 heterocycles. The van der Waals surface area contributed by atoms with Crippen molar-refractivity contribution in [1.82, 2.24) is 10.3 Å². The lowest BCUT2D eigenvalue weighted by atomic mass is 9.98. The van der Waals surface area contributed by atoms with Crippen LogP contribution in [0.5, 0.6) is 0 Å². The topological polar surface area (TPSA) is 91.7 Å². The fourth-order valence-corrected chi connectivity index (χ4v) is 2.65. The number of carbonyl (C=O) groups excluding carboxylic acids is 1. The van der Waals surface area contributed by atoms with Gasteiger partial charge in [0.25, 0.3) is 0 Å². The van der Waals surface area contributed by atoms with Crippen LogP contribution < -0.4 is 5.32 Å². The first-order valence-corrected chi connectivity index (χ1v) is 8.23. The second-order valence-corrected chi connectivity index (χ2v) is 7.47. The molecule has 0 unspecified atom stereocenters. The Bertz CT molecular complexity index is 482. The van der Waals surface area contributed by atoms with E-state index in [1.807, 2.05) is 13.8 Å². The predicted molar refractivity (Wildman–Crippen MR) is 85.6 cm³/mol. The van der Waals surface area contributed by atoms with Gasteiger partial charge in [-0.2, -0.15) is 0 Å². The molecule has 0 saturated carbocycles. The number of aromatic nitrogens is 1. The van der Waals surface area contributed by atoms with Gasteiger partial charge in [0.05, 0.1) is 12.3 Å². The maximum absolute atomic E-state index is 11.9. The van der Waals surface area contributed by atoms with E-state index in [-0.39, 0.29) is 18.6 Å². The minimum atomic E-state index is -0.785. The van der Waals surface area contributed by atoms with Crippen molar-refractivity contribution in [3.05, 3.63) is 16.1 Å². The summed E-state index contributed by atoms with van der Waals surface area (Å²) < 4.78 is 5.25. The van der Waals surface area contributed by atoms with Gasteiger partial charge in [0.1, 0.15) is 16.7 Å². The standard InChI is InChI=1S/C15H26N2O4S/c1-9(2)11(17-14(20)21-15(3,4)5)6-12(19)13-16-10(7-18)8-22-13/h8-9,11-12,18-19H,6-7H2,1-5H3,(H,17,20)/t11-,12-/m1/s1. The summed E-state index contributed by atoms with van der Waals surface area (Å²) in [6.45, 7) is 9.20. The Kier molecular flexibility index (Phi) is 6.77. The van der Waals surface area contributed by atoms with Crippen molar-refractivity contribution in [1.29, 1.82) is 0 Å². The van der Waals surface area contributed by atoms with Crippen LogP contribution in [0, 0.1) is 5.92 Å². The lowest BCUT2D eigenvalue weighted by Gasteiger charge is -2.26. The molecule has 6 nitrogen and oxygen atoms in total. The van der Waals surface area contributed by atoms with Gasteiger partial charge in [-0.25, -0.2) is 9.78 Å². The SMILES string of the molecule is CC(C)[C@@H](C[C@@H](O)c1nc(CO)cs1)NC(=O)OC(C)(C)C. The van der Waals surface area contributed by atoms with E-state index in [9.17, 15) is 9.90 Å². The molecule has 0 aliphatic rings. The van der Waals surface area contributed by atoms with Crippen LogP contribution in [0.2, 0.25) is 0 Å². The quantitative estimate of drug-likeness (QED) is 0.746. The predicted octanol–water partition coefficient (Wildman–Crippen LogP) is 2.61. The molecule has 1 aromatic heterocycles. The first-order valence-electron chi connectivity index (χ1n) is 7.35. The number of carbonyl (C=O) groups is 1. The smallest absolute Gasteiger partial charge is 0.407 e. The van der Waals surface area contributed by atoms with Gasteiger partial charge in [-0.15, -0.1) is 11.3 Å². The number of alkyl carbamates (subject to hydrolysis) is 1. The van der Waals surface area contributed by atoms with Crippen LogP contribution >= 0.6 is 11.3 Å². The molecular formula is C15H26N2O4S. The van der Waals surface area contributed by atoms with E-state index in [2.05, 4.69) is 10.3 Å². The number of aliphatic hydroxyl groups is 2. The third kappa shape index (κ3) is 6.29. The Morgan fingerprint density at radius 1 is 1.45 bits per heavy atom. The summed E-state index contributed by atoms with van der Waals surface area (Å²) in [7, 11) is 0. The Morgan fingerprint density at radius 2 is 2.09 bits per heavy atom. The number of nitrogens with one attached hydrogen (secondary N) is 1. The van der Waals surface area contributed by atoms with E-state index in [1.165, 1.54) is 11.3 Å². The zero-order valence-electron chi connectivity index (χ0n) is 13.8. The summed E-state index contributed by atoms with van der Waals surface area (Å²) >= 11 is 1.30. The second-order valence-electron chi connectivity index (χ2n) is 6.58. The number of hydrogen-bond donors (Lipinski definition) is 3. The van der Waals surface area contributed by atoms with Gasteiger partial charge in [0, 0.05) is 17.8 Å². The highest BCUT2D eigenvalue weighted by Gasteiger charge is 2.25. The largest absolute Gasteiger partial charge is 0.444 e. The molecule has 0 bridgehead atoms. The molecule has 7 heteroatoms. The van der Waals surface area contributed by atoms with E-state index >= 15 is 0 Å². The summed E-state index contributed by atoms with van der Waals surface area (Å²) in [5.41, 5.74) is -0.0181. The van der Waals surface area contributed by atoms with Gasteiger partial charge < -0.3 is 20.3 Å². The fraction of sp³-hybridized carbons (Fsp3) is 0.733. The average Bonchev–Trinajstić information content (AvgIpc) is 2.84. The third-order valence-electron chi connectivity index (χ3n) is 3.00. The molecule has 0 aromatic carbocycles. The molecule has 3 N–H and O–H groups in total. The molecule has 126 valence electrons. The molecule has 0 radical (unpaired) electrons. The first kappa shape index (κ1) is 18.9. The molecule has 2 atom stereocenters. The molecule has 0 saturated heterocycles. The summed E-state index contributed by atoms with van der Waals surface area (Å²) in [6.07, 6.45) is -0.934. The molecule has 1 amide bonds. The molecule has 0 aliphatic heterocycles. The van der Waals surface area contributed by atoms with Crippen molar-refractivity contribution in [3.63, 3.8) is 0 Å². The van der Waals surface area contributed by atoms with E-state index in [0.717, 1.165) is 0 Å². The van der Waals surface area contributed by atoms with Crippen LogP contribution in [-0.2, 0) is 11.3 Å². The van der Waals surface area contributed by atoms with Gasteiger partial charge in [-0.3, -0.25) is 0 Å². The third-order valence-corrected chi connectivity index (χ3v) is 4.00. The Morgan fingerprint density at radius 3 is 2.55 bits per heavy atom. The lowest BCUT2D eigenvalue weighted by molar-refractivity contribution is 0.0461. The maximum atomic E-state index is 11.9. The maximum Gasteiger partial charge on any atom is 0.407 e. The lowest BCUT2D eigenvalue weighted by Crippen LogP contribution is -2.42. The highest BCUT2D eigenvalue weighted by Crippen LogP contribution is 2.24. The number of ether oxygens (including phenoxy) is 1. The Hall–Kier alpha value is -1.18. The summed E-state index contributed by atoms with van der Waals surface area (Å²) in [6, 6.07) is -0.230. The normalized spacial score (nSPS) is 14.7. The minimum absolute atomic E-state index is 0.138. The number of nitrogens with zero attached hydrogens (tertiary/aromatic N) is 1. The van der Waals surface area contributed by atoms with E-state index in [4.69, 9.17) is 9.84 Å². The van der Waals surface area contributed by atoms with Gasteiger partial charge in [-0.05, 0) is 26.7 Å². The van der Waals surface area contributed by atoms with Gasteiger partial charge >= 0.3 is 6.09 Å². The number of rotatable bonds is 6. The van der Waals surface area contributed by atoms with E-state index < -0.39 is 17.8 Å². The van der Waals surface area contributed by atoms with Crippen molar-refractivity contribution in [2.45, 2.75) is 65.4 Å². The summed E-state index contributed by atoms with van der Waals surface area (Å²) in [5.74, 6) is 0.138. The molecule has 0 aliphatic carbocycles. The molecule has 1 aromatic rings. The fourth-order valence-electron chi connectivity index (χ4n) is 1.85. The second kappa shape index (κ2) is 7.89. The van der Waals surface area contributed by atoms with Crippen molar-refractivity contribution in [2.75, 3.05) is 0 Å². The number of hydrogen-bond acceptors (Lipinski definition) is 6. The van der Waals surface area contributed by atoms with Crippen molar-refractivity contribution in [2.24, 2.45) is 5.92 Å². The Balaban J connectivity index is 2.65. The minimum Gasteiger partial charge on any atom is -0.444 e. The van der Waals surface area contributed by atoms with Crippen LogP contribution in [0.25, 0.3) is 0 Å². The zero-order chi connectivity index (χ0) is 16.9. The molecular weight excluding hydrogens is 304 g/mol. The van der Waals surface area contributed by atoms with Gasteiger partial charge in [0.2, 0.25) is 0 Å². The highest BCUT2D eigenvalue weighted by molar-refractivity contribution is 7.09. The monoisotopic (exact) mass is 330 g/mol. The van der Waals surface area contributed by atoms with Crippen molar-refractivity contribution >= 4 is 17.4 Å². The highest BCUT2D eigenvalue weighted by atomic mass is 32.1. The number of thiazole rings is 1. The van der Waals surface area contributed by atoms with E-state index in [0.29, 0.717) is 17.1 Å². The molecule has 0 spiro atoms. The van der Waals surface area contributed by atoms with Crippen LogP contribution in [0.3, 0.4) is 0 Å². The summed E-state index contributed by atoms with van der Waals surface area (Å²) in [4.78, 5) is 16.0. The number of aliphatic hydroxyl groups excluding tert-OH is 2. The zero-order valence-corrected chi connectivity index (χ0v) is 14.6. The van der Waals surface area contributed by atoms with Crippen molar-refractivity contribution in [3.8, 4) is 0 Å². The first-order chi connectivity index (χ1) is 10.1. The number of amides is 1. The van der Waals surface area contributed by atoms with Crippen LogP contribution in [-0.4, -0.2) is 32.9 Å². The Labute approximate surface area is 135 Å². The van der Waals surface area contributed by atoms with Crippen LogP contribution in [0.4, 0.5) is 4.79 Å². The average molecular weight is 330 g/mol. The van der Waals surface area contributed by atoms with Crippen LogP contribution in [0.1, 0.15) is 57.8 Å². The van der Waals surface area contributed by atoms with E-state index in [1.54, 1.807) is 26.2 Å². The molecule has 0 fully saturated rings. The van der Waals surface area contributed by atoms with Crippen molar-refractivity contribution < 1.29 is 19.7 Å². The molecule has 1 rings (SSSR count). The molecule has 22 heavy (non-hydrogen) atoms. The van der Waals surface area contributed by atoms with Crippen LogP contribution in [0.15, 0.2) is 5.38 Å².